The SMILES string of the molecule is Cc1ccc(OCc2cccc(C(=O)N3CC(C)CC(C)C3)n2)c(C)c1. The lowest BCUT2D eigenvalue weighted by Gasteiger charge is -2.34. The minimum Gasteiger partial charge on any atom is -0.487 e. The first-order chi connectivity index (χ1) is 12.4. The third kappa shape index (κ3) is 4.43. The van der Waals surface area contributed by atoms with E-state index >= 15 is 0 Å². The highest BCUT2D eigenvalue weighted by Crippen LogP contribution is 2.23. The standard InChI is InChI=1S/C22H28N2O2/c1-15-8-9-21(18(4)11-15)26-14-19-6-5-7-20(23-19)22(25)24-12-16(2)10-17(3)13-24/h5-9,11,16-17H,10,12-14H2,1-4H3. The Balaban J connectivity index is 1.68. The largest absolute Gasteiger partial charge is 0.487 e. The molecule has 26 heavy (non-hydrogen) atoms. The molecule has 4 nitrogen and oxygen atoms in total. The summed E-state index contributed by atoms with van der Waals surface area (Å²) in [4.78, 5) is 19.3. The highest BCUT2D eigenvalue weighted by Gasteiger charge is 2.26. The van der Waals surface area contributed by atoms with E-state index in [0.717, 1.165) is 30.1 Å². The van der Waals surface area contributed by atoms with Crippen LogP contribution in [0.15, 0.2) is 36.4 Å². The first kappa shape index (κ1) is 18.4. The minimum atomic E-state index is 0.0248. The van der Waals surface area contributed by atoms with Gasteiger partial charge in [0.05, 0.1) is 5.69 Å². The van der Waals surface area contributed by atoms with Gasteiger partial charge in [-0.05, 0) is 55.9 Å². The monoisotopic (exact) mass is 352 g/mol. The third-order valence-corrected chi connectivity index (χ3v) is 4.89. The molecule has 1 amide bonds. The minimum absolute atomic E-state index is 0.0248. The van der Waals surface area contributed by atoms with Crippen molar-refractivity contribution in [2.45, 2.75) is 40.7 Å². The molecule has 3 rings (SSSR count). The lowest BCUT2D eigenvalue weighted by molar-refractivity contribution is 0.0616. The molecule has 2 heterocycles. The first-order valence-electron chi connectivity index (χ1n) is 9.37. The van der Waals surface area contributed by atoms with E-state index in [1.54, 1.807) is 6.07 Å². The number of rotatable bonds is 4. The van der Waals surface area contributed by atoms with Gasteiger partial charge in [-0.3, -0.25) is 4.79 Å². The Labute approximate surface area is 156 Å². The molecule has 0 radical (unpaired) electrons. The predicted octanol–water partition coefficient (Wildman–Crippen LogP) is 4.40. The van der Waals surface area contributed by atoms with Gasteiger partial charge in [-0.15, -0.1) is 0 Å². The van der Waals surface area contributed by atoms with Gasteiger partial charge in [0, 0.05) is 13.1 Å². The fourth-order valence-electron chi connectivity index (χ4n) is 3.78. The van der Waals surface area contributed by atoms with Crippen molar-refractivity contribution in [2.24, 2.45) is 11.8 Å². The summed E-state index contributed by atoms with van der Waals surface area (Å²) in [7, 11) is 0. The molecule has 0 spiro atoms. The Bertz CT molecular complexity index is 777. The Morgan fingerprint density at radius 2 is 1.88 bits per heavy atom. The molecule has 2 atom stereocenters. The van der Waals surface area contributed by atoms with Gasteiger partial charge in [-0.1, -0.05) is 37.6 Å². The van der Waals surface area contributed by atoms with Gasteiger partial charge < -0.3 is 9.64 Å². The first-order valence-corrected chi connectivity index (χ1v) is 9.37. The van der Waals surface area contributed by atoms with Crippen LogP contribution < -0.4 is 4.74 Å². The molecule has 2 unspecified atom stereocenters. The molecule has 0 aliphatic carbocycles. The van der Waals surface area contributed by atoms with Gasteiger partial charge in [0.15, 0.2) is 0 Å². The van der Waals surface area contributed by atoms with Crippen LogP contribution in [0.1, 0.15) is 47.6 Å². The number of likely N-dealkylation sites (tertiary alicyclic amines) is 1. The molecule has 0 N–H and O–H groups in total. The van der Waals surface area contributed by atoms with Crippen molar-refractivity contribution < 1.29 is 9.53 Å². The summed E-state index contributed by atoms with van der Waals surface area (Å²) in [6.07, 6.45) is 1.18. The second kappa shape index (κ2) is 7.90. The van der Waals surface area contributed by atoms with E-state index in [0.29, 0.717) is 24.1 Å². The van der Waals surface area contributed by atoms with Crippen LogP contribution in [0.25, 0.3) is 0 Å². The lowest BCUT2D eigenvalue weighted by atomic mass is 9.92. The van der Waals surface area contributed by atoms with Crippen LogP contribution in [-0.2, 0) is 6.61 Å². The number of nitrogens with zero attached hydrogens (tertiary/aromatic N) is 2. The summed E-state index contributed by atoms with van der Waals surface area (Å²) in [5.41, 5.74) is 3.60. The Kier molecular flexibility index (Phi) is 5.60. The van der Waals surface area contributed by atoms with Crippen LogP contribution in [0.2, 0.25) is 0 Å². The number of ether oxygens (including phenoxy) is 1. The third-order valence-electron chi connectivity index (χ3n) is 4.89. The average molecular weight is 352 g/mol. The van der Waals surface area contributed by atoms with Crippen molar-refractivity contribution in [1.29, 1.82) is 0 Å². The summed E-state index contributed by atoms with van der Waals surface area (Å²) in [6, 6.07) is 11.7. The average Bonchev–Trinajstić information content (AvgIpc) is 2.60. The van der Waals surface area contributed by atoms with Crippen LogP contribution in [0.4, 0.5) is 0 Å². The fraction of sp³-hybridized carbons (Fsp3) is 0.455. The smallest absolute Gasteiger partial charge is 0.272 e. The van der Waals surface area contributed by atoms with Crippen LogP contribution in [-0.4, -0.2) is 28.9 Å². The molecule has 1 fully saturated rings. The van der Waals surface area contributed by atoms with Gasteiger partial charge in [0.2, 0.25) is 0 Å². The van der Waals surface area contributed by atoms with Crippen LogP contribution in [0.3, 0.4) is 0 Å². The van der Waals surface area contributed by atoms with E-state index < -0.39 is 0 Å². The zero-order valence-corrected chi connectivity index (χ0v) is 16.2. The number of amides is 1. The van der Waals surface area contributed by atoms with E-state index in [4.69, 9.17) is 4.74 Å². The Morgan fingerprint density at radius 1 is 1.15 bits per heavy atom. The summed E-state index contributed by atoms with van der Waals surface area (Å²) in [5, 5.41) is 0. The van der Waals surface area contributed by atoms with Gasteiger partial charge in [-0.2, -0.15) is 0 Å². The van der Waals surface area contributed by atoms with Crippen LogP contribution in [0.5, 0.6) is 5.75 Å². The maximum Gasteiger partial charge on any atom is 0.272 e. The van der Waals surface area contributed by atoms with E-state index in [9.17, 15) is 4.79 Å². The van der Waals surface area contributed by atoms with Gasteiger partial charge in [0.25, 0.3) is 5.91 Å². The van der Waals surface area contributed by atoms with Crippen molar-refractivity contribution in [3.63, 3.8) is 0 Å². The zero-order valence-electron chi connectivity index (χ0n) is 16.2. The molecule has 2 aromatic rings. The number of hydrogen-bond acceptors (Lipinski definition) is 3. The van der Waals surface area contributed by atoms with Crippen LogP contribution >= 0.6 is 0 Å². The fourth-order valence-corrected chi connectivity index (χ4v) is 3.78. The summed E-state index contributed by atoms with van der Waals surface area (Å²) in [5.74, 6) is 1.96. The van der Waals surface area contributed by atoms with Crippen molar-refractivity contribution in [1.82, 2.24) is 9.88 Å². The number of pyridine rings is 1. The number of piperidine rings is 1. The summed E-state index contributed by atoms with van der Waals surface area (Å²) < 4.78 is 5.90. The molecule has 1 aromatic carbocycles. The van der Waals surface area contributed by atoms with Crippen molar-refractivity contribution in [2.75, 3.05) is 13.1 Å². The normalized spacial score (nSPS) is 20.1. The van der Waals surface area contributed by atoms with Gasteiger partial charge >= 0.3 is 0 Å². The van der Waals surface area contributed by atoms with Crippen molar-refractivity contribution >= 4 is 5.91 Å². The van der Waals surface area contributed by atoms with Gasteiger partial charge in [0.1, 0.15) is 18.1 Å². The van der Waals surface area contributed by atoms with E-state index in [1.807, 2.05) is 36.1 Å². The summed E-state index contributed by atoms with van der Waals surface area (Å²) >= 11 is 0. The molecule has 0 saturated carbocycles. The highest BCUT2D eigenvalue weighted by atomic mass is 16.5. The van der Waals surface area contributed by atoms with E-state index in [1.165, 1.54) is 12.0 Å². The Morgan fingerprint density at radius 3 is 2.58 bits per heavy atom. The van der Waals surface area contributed by atoms with Crippen molar-refractivity contribution in [3.8, 4) is 5.75 Å². The highest BCUT2D eigenvalue weighted by molar-refractivity contribution is 5.92. The number of carbonyl (C=O) groups is 1. The second-order valence-electron chi connectivity index (χ2n) is 7.73. The molecule has 0 bridgehead atoms. The molecule has 1 saturated heterocycles. The number of aryl methyl sites for hydroxylation is 2. The zero-order chi connectivity index (χ0) is 18.7. The molecule has 138 valence electrons. The number of hydrogen-bond donors (Lipinski definition) is 0. The number of carbonyl (C=O) groups excluding carboxylic acids is 1. The summed E-state index contributed by atoms with van der Waals surface area (Å²) in [6.45, 7) is 10.5. The molecular weight excluding hydrogens is 324 g/mol. The maximum atomic E-state index is 12.8. The number of aromatic nitrogens is 1. The predicted molar refractivity (Wildman–Crippen MR) is 103 cm³/mol. The van der Waals surface area contributed by atoms with E-state index in [2.05, 4.69) is 31.8 Å². The second-order valence-corrected chi connectivity index (χ2v) is 7.73. The maximum absolute atomic E-state index is 12.8. The molecule has 1 aromatic heterocycles. The Hall–Kier alpha value is -2.36. The van der Waals surface area contributed by atoms with Crippen LogP contribution in [0, 0.1) is 25.7 Å². The number of benzene rings is 1. The quantitative estimate of drug-likeness (QED) is 0.819. The lowest BCUT2D eigenvalue weighted by Crippen LogP contribution is -2.42. The van der Waals surface area contributed by atoms with Gasteiger partial charge in [-0.25, -0.2) is 4.98 Å². The topological polar surface area (TPSA) is 42.4 Å². The molecule has 4 heteroatoms. The molecular formula is C22H28N2O2. The van der Waals surface area contributed by atoms with E-state index in [-0.39, 0.29) is 5.91 Å². The molecule has 1 aliphatic rings. The van der Waals surface area contributed by atoms with Crippen molar-refractivity contribution in [3.05, 3.63) is 58.9 Å². The molecule has 1 aliphatic heterocycles.